The summed E-state index contributed by atoms with van der Waals surface area (Å²) < 4.78 is 19.3. The molecular formula is C30H28FN3O4. The summed E-state index contributed by atoms with van der Waals surface area (Å²) in [4.78, 5) is 42.5. The van der Waals surface area contributed by atoms with Crippen LogP contribution in [0, 0.1) is 12.7 Å². The molecule has 0 aliphatic rings. The molecule has 3 aromatic carbocycles. The molecule has 194 valence electrons. The lowest BCUT2D eigenvalue weighted by molar-refractivity contribution is -0.133. The van der Waals surface area contributed by atoms with E-state index in [-0.39, 0.29) is 43.2 Å². The van der Waals surface area contributed by atoms with Crippen LogP contribution in [0.5, 0.6) is 0 Å². The smallest absolute Gasteiger partial charge is 0.322 e. The van der Waals surface area contributed by atoms with Crippen molar-refractivity contribution in [1.29, 1.82) is 0 Å². The van der Waals surface area contributed by atoms with Gasteiger partial charge in [0.1, 0.15) is 17.9 Å². The van der Waals surface area contributed by atoms with Gasteiger partial charge in [-0.3, -0.25) is 9.59 Å². The third kappa shape index (κ3) is 6.53. The number of halogens is 1. The van der Waals surface area contributed by atoms with Gasteiger partial charge in [-0.1, -0.05) is 54.1 Å². The van der Waals surface area contributed by atoms with Crippen molar-refractivity contribution in [1.82, 2.24) is 9.80 Å². The Hall–Kier alpha value is -4.72. The van der Waals surface area contributed by atoms with Gasteiger partial charge in [-0.05, 0) is 42.8 Å². The van der Waals surface area contributed by atoms with Crippen molar-refractivity contribution >= 4 is 28.6 Å². The van der Waals surface area contributed by atoms with Crippen LogP contribution in [0.4, 0.5) is 14.9 Å². The second-order valence-electron chi connectivity index (χ2n) is 8.93. The van der Waals surface area contributed by atoms with Gasteiger partial charge in [0.05, 0.1) is 23.8 Å². The Balaban J connectivity index is 1.59. The minimum Gasteiger partial charge on any atom is -0.464 e. The number of benzene rings is 3. The molecule has 0 bridgehead atoms. The summed E-state index contributed by atoms with van der Waals surface area (Å²) in [6.45, 7) is 5.59. The molecule has 1 aromatic heterocycles. The summed E-state index contributed by atoms with van der Waals surface area (Å²) in [6, 6.07) is 19.6. The molecule has 0 spiro atoms. The van der Waals surface area contributed by atoms with Gasteiger partial charge in [-0.25, -0.2) is 9.18 Å². The maximum Gasteiger partial charge on any atom is 0.322 e. The van der Waals surface area contributed by atoms with Crippen LogP contribution in [0.3, 0.4) is 0 Å². The molecule has 7 nitrogen and oxygen atoms in total. The van der Waals surface area contributed by atoms with Gasteiger partial charge in [0.15, 0.2) is 5.43 Å². The minimum absolute atomic E-state index is 0.00656. The molecular weight excluding hydrogens is 485 g/mol. The van der Waals surface area contributed by atoms with E-state index in [2.05, 4.69) is 11.9 Å². The van der Waals surface area contributed by atoms with Gasteiger partial charge in [-0.15, -0.1) is 6.58 Å². The number of urea groups is 1. The SMILES string of the molecule is C=CCN(CC(=O)N(Cc1ccccc1)Cc1coc2ccc(C)cc2c1=O)C(=O)Nc1cccc(F)c1. The Morgan fingerprint density at radius 1 is 1.00 bits per heavy atom. The van der Waals surface area contributed by atoms with Crippen LogP contribution in [0.25, 0.3) is 11.0 Å². The van der Waals surface area contributed by atoms with E-state index in [1.165, 1.54) is 40.3 Å². The topological polar surface area (TPSA) is 82.9 Å². The number of nitrogens with one attached hydrogen (secondary N) is 1. The van der Waals surface area contributed by atoms with Gasteiger partial charge < -0.3 is 19.5 Å². The molecule has 1 N–H and O–H groups in total. The quantitative estimate of drug-likeness (QED) is 0.300. The van der Waals surface area contributed by atoms with Crippen molar-refractivity contribution in [2.75, 3.05) is 18.4 Å². The summed E-state index contributed by atoms with van der Waals surface area (Å²) in [5, 5.41) is 3.05. The first-order chi connectivity index (χ1) is 18.3. The molecule has 0 aliphatic heterocycles. The predicted octanol–water partition coefficient (Wildman–Crippen LogP) is 5.49. The van der Waals surface area contributed by atoms with E-state index in [0.717, 1.165) is 11.1 Å². The Labute approximate surface area is 219 Å². The first kappa shape index (κ1) is 26.3. The highest BCUT2D eigenvalue weighted by Crippen LogP contribution is 2.16. The average molecular weight is 514 g/mol. The Morgan fingerprint density at radius 2 is 1.79 bits per heavy atom. The molecule has 0 radical (unpaired) electrons. The molecule has 0 unspecified atom stereocenters. The highest BCUT2D eigenvalue weighted by molar-refractivity contribution is 5.92. The van der Waals surface area contributed by atoms with E-state index in [0.29, 0.717) is 16.5 Å². The normalized spacial score (nSPS) is 10.7. The van der Waals surface area contributed by atoms with Crippen molar-refractivity contribution in [3.8, 4) is 0 Å². The largest absolute Gasteiger partial charge is 0.464 e. The number of aryl methyl sites for hydroxylation is 1. The lowest BCUT2D eigenvalue weighted by Gasteiger charge is -2.27. The van der Waals surface area contributed by atoms with E-state index >= 15 is 0 Å². The van der Waals surface area contributed by atoms with Crippen LogP contribution < -0.4 is 10.7 Å². The van der Waals surface area contributed by atoms with Crippen molar-refractivity contribution in [3.63, 3.8) is 0 Å². The fourth-order valence-electron chi connectivity index (χ4n) is 4.04. The summed E-state index contributed by atoms with van der Waals surface area (Å²) in [6.07, 6.45) is 2.88. The van der Waals surface area contributed by atoms with Gasteiger partial charge in [0.2, 0.25) is 5.91 Å². The molecule has 0 saturated heterocycles. The minimum atomic E-state index is -0.579. The molecule has 1 heterocycles. The maximum atomic E-state index is 13.6. The van der Waals surface area contributed by atoms with Crippen molar-refractivity contribution in [2.45, 2.75) is 20.0 Å². The molecule has 0 fully saturated rings. The third-order valence-corrected chi connectivity index (χ3v) is 5.97. The zero-order chi connectivity index (χ0) is 27.1. The molecule has 0 aliphatic carbocycles. The van der Waals surface area contributed by atoms with Crippen LogP contribution >= 0.6 is 0 Å². The zero-order valence-corrected chi connectivity index (χ0v) is 21.0. The molecule has 0 saturated carbocycles. The molecule has 38 heavy (non-hydrogen) atoms. The van der Waals surface area contributed by atoms with Gasteiger partial charge >= 0.3 is 6.03 Å². The zero-order valence-electron chi connectivity index (χ0n) is 21.0. The highest BCUT2D eigenvalue weighted by Gasteiger charge is 2.23. The average Bonchev–Trinajstić information content (AvgIpc) is 2.90. The Bertz CT molecular complexity index is 1520. The Morgan fingerprint density at radius 3 is 2.53 bits per heavy atom. The number of carbonyl (C=O) groups excluding carboxylic acids is 2. The fraction of sp³-hybridized carbons (Fsp3) is 0.167. The molecule has 4 aromatic rings. The van der Waals surface area contributed by atoms with E-state index < -0.39 is 11.8 Å². The molecule has 4 rings (SSSR count). The molecule has 3 amide bonds. The second kappa shape index (κ2) is 12.0. The fourth-order valence-corrected chi connectivity index (χ4v) is 4.04. The second-order valence-corrected chi connectivity index (χ2v) is 8.93. The predicted molar refractivity (Wildman–Crippen MR) is 145 cm³/mol. The first-order valence-electron chi connectivity index (χ1n) is 12.1. The lowest BCUT2D eigenvalue weighted by Crippen LogP contribution is -2.44. The van der Waals surface area contributed by atoms with Crippen LogP contribution in [-0.4, -0.2) is 34.8 Å². The van der Waals surface area contributed by atoms with E-state index in [4.69, 9.17) is 4.42 Å². The van der Waals surface area contributed by atoms with E-state index in [1.54, 1.807) is 18.2 Å². The number of nitrogens with zero attached hydrogens (tertiary/aromatic N) is 2. The molecule has 8 heteroatoms. The van der Waals surface area contributed by atoms with Gasteiger partial charge in [-0.2, -0.15) is 0 Å². The molecule has 0 atom stereocenters. The van der Waals surface area contributed by atoms with Crippen molar-refractivity contribution < 1.29 is 18.4 Å². The number of carbonyl (C=O) groups is 2. The van der Waals surface area contributed by atoms with Crippen LogP contribution in [0.1, 0.15) is 16.7 Å². The number of hydrogen-bond donors (Lipinski definition) is 1. The van der Waals surface area contributed by atoms with E-state index in [1.807, 2.05) is 43.3 Å². The monoisotopic (exact) mass is 513 g/mol. The number of amides is 3. The van der Waals surface area contributed by atoms with Gasteiger partial charge in [0.25, 0.3) is 0 Å². The van der Waals surface area contributed by atoms with Crippen LogP contribution in [-0.2, 0) is 17.9 Å². The summed E-state index contributed by atoms with van der Waals surface area (Å²) in [5.74, 6) is -0.874. The summed E-state index contributed by atoms with van der Waals surface area (Å²) >= 11 is 0. The summed E-state index contributed by atoms with van der Waals surface area (Å²) in [5.41, 5.74) is 2.63. The number of rotatable bonds is 9. The standard InChI is InChI=1S/C30H28FN3O4/c1-3-14-33(30(37)32-25-11-7-10-24(31)16-25)19-28(35)34(17-22-8-5-4-6-9-22)18-23-20-38-27-13-12-21(2)15-26(27)29(23)36/h3-13,15-16,20H,1,14,17-19H2,2H3,(H,32,37). The number of fused-ring (bicyclic) bond motifs is 1. The lowest BCUT2D eigenvalue weighted by atomic mass is 10.1. The first-order valence-corrected chi connectivity index (χ1v) is 12.1. The number of anilines is 1. The van der Waals surface area contributed by atoms with Crippen LogP contribution in [0.2, 0.25) is 0 Å². The Kier molecular flexibility index (Phi) is 8.33. The van der Waals surface area contributed by atoms with Crippen LogP contribution in [0.15, 0.2) is 101 Å². The van der Waals surface area contributed by atoms with Gasteiger partial charge in [0, 0.05) is 18.8 Å². The highest BCUT2D eigenvalue weighted by atomic mass is 19.1. The maximum absolute atomic E-state index is 13.6. The van der Waals surface area contributed by atoms with Crippen molar-refractivity contribution in [3.05, 3.63) is 124 Å². The number of hydrogen-bond acceptors (Lipinski definition) is 4. The third-order valence-electron chi connectivity index (χ3n) is 5.97. The summed E-state index contributed by atoms with van der Waals surface area (Å²) in [7, 11) is 0. The van der Waals surface area contributed by atoms with E-state index in [9.17, 15) is 18.8 Å². The van der Waals surface area contributed by atoms with Crippen molar-refractivity contribution in [2.24, 2.45) is 0 Å².